The number of aromatic hydroxyl groups is 1. The molecule has 1 aromatic heterocycles. The van der Waals surface area contributed by atoms with Crippen molar-refractivity contribution in [1.29, 1.82) is 0 Å². The molecular formula is C21H25ClN6O3S. The second kappa shape index (κ2) is 10.4. The molecule has 0 radical (unpaired) electrons. The lowest BCUT2D eigenvalue weighted by atomic mass is 9.89. The molecule has 11 heteroatoms. The number of nitrogens with zero attached hydrogens (tertiary/aromatic N) is 3. The van der Waals surface area contributed by atoms with Gasteiger partial charge in [-0.2, -0.15) is 15.0 Å². The van der Waals surface area contributed by atoms with Gasteiger partial charge in [0.25, 0.3) is 0 Å². The molecule has 4 rings (SSSR count). The van der Waals surface area contributed by atoms with Gasteiger partial charge < -0.3 is 21.1 Å². The molecule has 2 heterocycles. The third-order valence-electron chi connectivity index (χ3n) is 5.51. The summed E-state index contributed by atoms with van der Waals surface area (Å²) in [5.41, 5.74) is 0.607. The number of halogens is 1. The average Bonchev–Trinajstić information content (AvgIpc) is 3.11. The Balaban J connectivity index is 1.49. The van der Waals surface area contributed by atoms with Gasteiger partial charge in [-0.15, -0.1) is 0 Å². The molecule has 1 aliphatic heterocycles. The van der Waals surface area contributed by atoms with Crippen molar-refractivity contribution in [3.05, 3.63) is 23.2 Å². The number of Topliss-reactive ketones (excluding diaryl/α,β-unsaturated/α-hetero) is 1. The molecule has 1 aliphatic carbocycles. The highest BCUT2D eigenvalue weighted by Crippen LogP contribution is 2.28. The Bertz CT molecular complexity index is 1000. The van der Waals surface area contributed by atoms with Crippen LogP contribution in [0.5, 0.6) is 5.75 Å². The van der Waals surface area contributed by atoms with Crippen LogP contribution in [0.2, 0.25) is 5.02 Å². The second-order valence-corrected chi connectivity index (χ2v) is 9.65. The first-order valence-corrected chi connectivity index (χ1v) is 11.9. The van der Waals surface area contributed by atoms with E-state index in [2.05, 4.69) is 30.9 Å². The van der Waals surface area contributed by atoms with Gasteiger partial charge in [-0.1, -0.05) is 42.6 Å². The maximum absolute atomic E-state index is 11.9. The van der Waals surface area contributed by atoms with Crippen LogP contribution in [0.1, 0.15) is 38.5 Å². The molecule has 4 N–H and O–H groups in total. The fourth-order valence-electron chi connectivity index (χ4n) is 3.79. The molecule has 1 saturated carbocycles. The van der Waals surface area contributed by atoms with E-state index in [-0.39, 0.29) is 40.6 Å². The van der Waals surface area contributed by atoms with Gasteiger partial charge in [-0.3, -0.25) is 9.59 Å². The van der Waals surface area contributed by atoms with Crippen LogP contribution in [0, 0.1) is 5.92 Å². The summed E-state index contributed by atoms with van der Waals surface area (Å²) < 4.78 is 0. The number of nitrogens with one attached hydrogen (secondary N) is 3. The van der Waals surface area contributed by atoms with Gasteiger partial charge in [0.15, 0.2) is 10.9 Å². The molecule has 1 atom stereocenters. The molecule has 1 unspecified atom stereocenters. The average molecular weight is 477 g/mol. The lowest BCUT2D eigenvalue weighted by molar-refractivity contribution is -0.121. The van der Waals surface area contributed by atoms with Gasteiger partial charge in [0.1, 0.15) is 5.75 Å². The van der Waals surface area contributed by atoms with E-state index in [9.17, 15) is 14.7 Å². The number of hydrogen-bond donors (Lipinski definition) is 4. The van der Waals surface area contributed by atoms with Gasteiger partial charge in [-0.05, 0) is 37.0 Å². The van der Waals surface area contributed by atoms with E-state index < -0.39 is 5.25 Å². The van der Waals surface area contributed by atoms with Crippen molar-refractivity contribution in [3.63, 3.8) is 0 Å². The minimum absolute atomic E-state index is 0.0154. The predicted molar refractivity (Wildman–Crippen MR) is 126 cm³/mol. The van der Waals surface area contributed by atoms with E-state index in [0.29, 0.717) is 23.5 Å². The van der Waals surface area contributed by atoms with Crippen LogP contribution in [0.15, 0.2) is 18.2 Å². The van der Waals surface area contributed by atoms with Gasteiger partial charge in [0.05, 0.1) is 16.7 Å². The molecule has 2 aliphatic rings. The van der Waals surface area contributed by atoms with Crippen LogP contribution in [0.3, 0.4) is 0 Å². The zero-order valence-corrected chi connectivity index (χ0v) is 19.0. The molecule has 170 valence electrons. The summed E-state index contributed by atoms with van der Waals surface area (Å²) in [5, 5.41) is 18.7. The topological polar surface area (TPSA) is 129 Å². The summed E-state index contributed by atoms with van der Waals surface area (Å²) in [4.78, 5) is 36.7. The third-order valence-corrected chi connectivity index (χ3v) is 6.93. The van der Waals surface area contributed by atoms with Crippen molar-refractivity contribution in [2.75, 3.05) is 29.0 Å². The Morgan fingerprint density at radius 3 is 2.34 bits per heavy atom. The summed E-state index contributed by atoms with van der Waals surface area (Å²) >= 11 is 7.04. The normalized spacial score (nSPS) is 19.2. The van der Waals surface area contributed by atoms with Crippen molar-refractivity contribution in [2.24, 2.45) is 5.92 Å². The van der Waals surface area contributed by atoms with E-state index in [4.69, 9.17) is 11.6 Å². The number of ketones is 1. The molecule has 9 nitrogen and oxygen atoms in total. The highest BCUT2D eigenvalue weighted by molar-refractivity contribution is 8.15. The van der Waals surface area contributed by atoms with Crippen molar-refractivity contribution >= 4 is 57.8 Å². The number of benzene rings is 1. The van der Waals surface area contributed by atoms with E-state index in [0.717, 1.165) is 18.3 Å². The number of phenols is 1. The minimum Gasteiger partial charge on any atom is -0.506 e. The largest absolute Gasteiger partial charge is 0.506 e. The second-order valence-electron chi connectivity index (χ2n) is 7.98. The Morgan fingerprint density at radius 1 is 1.00 bits per heavy atom. The van der Waals surface area contributed by atoms with Crippen LogP contribution in [-0.4, -0.2) is 49.3 Å². The molecule has 1 aromatic carbocycles. The fraction of sp³-hybridized carbons (Fsp3) is 0.476. The summed E-state index contributed by atoms with van der Waals surface area (Å²) in [6.07, 6.45) is 6.13. The first kappa shape index (κ1) is 22.6. The van der Waals surface area contributed by atoms with Crippen LogP contribution in [-0.2, 0) is 9.59 Å². The van der Waals surface area contributed by atoms with Gasteiger partial charge in [0, 0.05) is 18.8 Å². The SMILES string of the molecule is O=C1CC(=O)C(CNc2nc(NCC3CCCCC3)nc(Nc3ccc(O)c(Cl)c3)n2)S1. The minimum atomic E-state index is -0.440. The number of rotatable bonds is 8. The summed E-state index contributed by atoms with van der Waals surface area (Å²) in [6, 6.07) is 4.71. The van der Waals surface area contributed by atoms with Crippen LogP contribution in [0.4, 0.5) is 23.5 Å². The standard InChI is InChI=1S/C21H25ClN6O3S/c22-14-8-13(6-7-15(14)29)25-21-27-19(23-10-12-4-2-1-3-5-12)26-20(28-21)24-11-17-16(30)9-18(31)32-17/h6-8,12,17,29H,1-5,9-11H2,(H3,23,24,25,26,27,28). The highest BCUT2D eigenvalue weighted by atomic mass is 35.5. The number of carbonyl (C=O) groups is 2. The first-order chi connectivity index (χ1) is 15.5. The summed E-state index contributed by atoms with van der Waals surface area (Å²) in [5.74, 6) is 1.49. The fourth-order valence-corrected chi connectivity index (χ4v) is 4.90. The summed E-state index contributed by atoms with van der Waals surface area (Å²) in [6.45, 7) is 1.03. The van der Waals surface area contributed by atoms with Gasteiger partial charge >= 0.3 is 0 Å². The van der Waals surface area contributed by atoms with Crippen LogP contribution in [0.25, 0.3) is 0 Å². The van der Waals surface area contributed by atoms with Gasteiger partial charge in [0.2, 0.25) is 17.8 Å². The maximum atomic E-state index is 11.9. The van der Waals surface area contributed by atoms with E-state index >= 15 is 0 Å². The highest BCUT2D eigenvalue weighted by Gasteiger charge is 2.31. The molecule has 2 fully saturated rings. The monoisotopic (exact) mass is 476 g/mol. The number of thioether (sulfide) groups is 1. The first-order valence-electron chi connectivity index (χ1n) is 10.7. The summed E-state index contributed by atoms with van der Waals surface area (Å²) in [7, 11) is 0. The molecule has 32 heavy (non-hydrogen) atoms. The Kier molecular flexibility index (Phi) is 7.31. The number of hydrogen-bond acceptors (Lipinski definition) is 10. The Labute approximate surface area is 195 Å². The number of phenolic OH excluding ortho intramolecular Hbond substituents is 1. The van der Waals surface area contributed by atoms with E-state index in [1.54, 1.807) is 12.1 Å². The van der Waals surface area contributed by atoms with Crippen molar-refractivity contribution in [1.82, 2.24) is 15.0 Å². The number of carbonyl (C=O) groups excluding carboxylic acids is 2. The van der Waals surface area contributed by atoms with E-state index in [1.165, 1.54) is 38.2 Å². The molecular weight excluding hydrogens is 452 g/mol. The lowest BCUT2D eigenvalue weighted by Crippen LogP contribution is -2.23. The zero-order valence-electron chi connectivity index (χ0n) is 17.4. The molecule has 2 aromatic rings. The van der Waals surface area contributed by atoms with Crippen molar-refractivity contribution in [2.45, 2.75) is 43.8 Å². The third kappa shape index (κ3) is 6.01. The number of aromatic nitrogens is 3. The molecule has 0 bridgehead atoms. The van der Waals surface area contributed by atoms with E-state index in [1.807, 2.05) is 0 Å². The smallest absolute Gasteiger partial charge is 0.233 e. The van der Waals surface area contributed by atoms with Crippen LogP contribution < -0.4 is 16.0 Å². The Hall–Kier alpha value is -2.59. The van der Waals surface area contributed by atoms with Gasteiger partial charge in [-0.25, -0.2) is 0 Å². The maximum Gasteiger partial charge on any atom is 0.233 e. The zero-order chi connectivity index (χ0) is 22.5. The lowest BCUT2D eigenvalue weighted by Gasteiger charge is -2.22. The van der Waals surface area contributed by atoms with Crippen molar-refractivity contribution in [3.8, 4) is 5.75 Å². The van der Waals surface area contributed by atoms with Crippen LogP contribution >= 0.6 is 23.4 Å². The molecule has 0 spiro atoms. The molecule has 1 saturated heterocycles. The number of anilines is 4. The quantitative estimate of drug-likeness (QED) is 0.328. The molecule has 0 amide bonds. The van der Waals surface area contributed by atoms with Crippen molar-refractivity contribution < 1.29 is 14.7 Å². The predicted octanol–water partition coefficient (Wildman–Crippen LogP) is 3.98. The Morgan fingerprint density at radius 2 is 1.69 bits per heavy atom.